The fraction of sp³-hybridized carbons (Fsp3) is 0.333. The van der Waals surface area contributed by atoms with Crippen LogP contribution in [0.3, 0.4) is 0 Å². The molecule has 0 saturated heterocycles. The van der Waals surface area contributed by atoms with Gasteiger partial charge in [0, 0.05) is 12.9 Å². The highest BCUT2D eigenvalue weighted by Crippen LogP contribution is 1.67. The third-order valence-electron chi connectivity index (χ3n) is 0.210. The Balaban J connectivity index is 2.85. The molecule has 0 amide bonds. The molecule has 0 aliphatic rings. The van der Waals surface area contributed by atoms with E-state index in [9.17, 15) is 0 Å². The van der Waals surface area contributed by atoms with E-state index < -0.39 is 0 Å². The second-order valence-electron chi connectivity index (χ2n) is 0.574. The van der Waals surface area contributed by atoms with E-state index in [2.05, 4.69) is 22.0 Å². The molecule has 0 saturated carbocycles. The Bertz CT molecular complexity index is 59.8. The lowest BCUT2D eigenvalue weighted by atomic mass is 10.9. The molecule has 34 valence electrons. The molecule has 6 heavy (non-hydrogen) atoms. The largest absolute Gasteiger partial charge is 0.246 e. The zero-order valence-corrected chi connectivity index (χ0v) is 3.59. The van der Waals surface area contributed by atoms with E-state index in [1.165, 1.54) is 6.21 Å². The van der Waals surface area contributed by atoms with E-state index in [4.69, 9.17) is 0 Å². The molecule has 0 aliphatic heterocycles. The van der Waals surface area contributed by atoms with E-state index in [1.54, 1.807) is 6.92 Å². The van der Waals surface area contributed by atoms with Gasteiger partial charge in [-0.25, -0.2) is 4.94 Å². The molecular weight excluding hydrogens is 80.0 g/mol. The maximum Gasteiger partial charge on any atom is 0.0439 e. The molecule has 0 radical (unpaired) electrons. The topological polar surface area (TPSA) is 34.0 Å². The Labute approximate surface area is 36.3 Å². The first kappa shape index (κ1) is 5.14. The van der Waals surface area contributed by atoms with Gasteiger partial charge in [-0.3, -0.25) is 0 Å². The van der Waals surface area contributed by atoms with Crippen LogP contribution < -0.4 is 0 Å². The van der Waals surface area contributed by atoms with E-state index in [1.807, 2.05) is 0 Å². The summed E-state index contributed by atoms with van der Waals surface area (Å²) in [5.74, 6) is 0. The van der Waals surface area contributed by atoms with Crippen LogP contribution in [0.25, 0.3) is 0 Å². The van der Waals surface area contributed by atoms with Crippen molar-refractivity contribution < 1.29 is 4.94 Å². The van der Waals surface area contributed by atoms with Crippen LogP contribution in [0.2, 0.25) is 0 Å². The molecule has 0 aliphatic carbocycles. The predicted octanol–water partition coefficient (Wildman–Crippen LogP) is 0.624. The monoisotopic (exact) mass is 86.0 g/mol. The lowest BCUT2D eigenvalue weighted by molar-refractivity contribution is 0.160. The first-order valence-electron chi connectivity index (χ1n) is 1.52. The summed E-state index contributed by atoms with van der Waals surface area (Å²) in [7, 11) is 0. The summed E-state index contributed by atoms with van der Waals surface area (Å²) in [5, 5.41) is 6.21. The average Bonchev–Trinajstić information content (AvgIpc) is 1.61. The van der Waals surface area contributed by atoms with Crippen molar-refractivity contribution in [1.82, 2.24) is 0 Å². The predicted molar refractivity (Wildman–Crippen MR) is 24.8 cm³/mol. The maximum atomic E-state index is 4.07. The van der Waals surface area contributed by atoms with Crippen molar-refractivity contribution in [2.45, 2.75) is 6.92 Å². The van der Waals surface area contributed by atoms with Gasteiger partial charge in [-0.05, 0) is 6.92 Å². The zero-order valence-electron chi connectivity index (χ0n) is 3.59. The molecule has 0 atom stereocenters. The summed E-state index contributed by atoms with van der Waals surface area (Å²) >= 11 is 0. The Morgan fingerprint density at radius 1 is 1.83 bits per heavy atom. The van der Waals surface area contributed by atoms with Gasteiger partial charge in [0.2, 0.25) is 0 Å². The molecule has 0 aromatic rings. The smallest absolute Gasteiger partial charge is 0.0439 e. The highest BCUT2D eigenvalue weighted by atomic mass is 16.8. The van der Waals surface area contributed by atoms with Crippen LogP contribution in [0.4, 0.5) is 0 Å². The first-order valence-corrected chi connectivity index (χ1v) is 1.52. The van der Waals surface area contributed by atoms with Gasteiger partial charge in [0.15, 0.2) is 0 Å². The van der Waals surface area contributed by atoms with Gasteiger partial charge in [-0.2, -0.15) is 0 Å². The van der Waals surface area contributed by atoms with Crippen LogP contribution in [0.5, 0.6) is 0 Å². The van der Waals surface area contributed by atoms with Crippen molar-refractivity contribution in [2.24, 2.45) is 10.3 Å². The van der Waals surface area contributed by atoms with Crippen molar-refractivity contribution in [2.75, 3.05) is 0 Å². The summed E-state index contributed by atoms with van der Waals surface area (Å²) in [6.45, 7) is 4.74. The summed E-state index contributed by atoms with van der Waals surface area (Å²) in [6, 6.07) is 0. The molecule has 0 spiro atoms. The zero-order chi connectivity index (χ0) is 4.83. The molecule has 0 heterocycles. The van der Waals surface area contributed by atoms with Crippen LogP contribution in [0.1, 0.15) is 6.92 Å². The SMILES string of the molecule is C=NO/N=C\C. The van der Waals surface area contributed by atoms with E-state index in [0.29, 0.717) is 0 Å². The second kappa shape index (κ2) is 4.14. The van der Waals surface area contributed by atoms with Crippen molar-refractivity contribution in [3.8, 4) is 0 Å². The normalized spacial score (nSPS) is 8.83. The fourth-order valence-corrected chi connectivity index (χ4v) is 0.0805. The number of nitrogens with zero attached hydrogens (tertiary/aromatic N) is 2. The van der Waals surface area contributed by atoms with Gasteiger partial charge in [-0.1, -0.05) is 10.3 Å². The molecule has 0 bridgehead atoms. The molecule has 3 heteroatoms. The van der Waals surface area contributed by atoms with Gasteiger partial charge in [0.1, 0.15) is 0 Å². The maximum absolute atomic E-state index is 4.07. The summed E-state index contributed by atoms with van der Waals surface area (Å²) < 4.78 is 0. The van der Waals surface area contributed by atoms with Crippen LogP contribution in [0, 0.1) is 0 Å². The fourth-order valence-electron chi connectivity index (χ4n) is 0.0805. The molecule has 0 unspecified atom stereocenters. The highest BCUT2D eigenvalue weighted by molar-refractivity contribution is 5.52. The molecule has 0 rings (SSSR count). The van der Waals surface area contributed by atoms with Crippen LogP contribution in [-0.2, 0) is 4.94 Å². The summed E-state index contributed by atoms with van der Waals surface area (Å²) in [6.07, 6.45) is 1.48. The Morgan fingerprint density at radius 2 is 2.50 bits per heavy atom. The molecule has 3 nitrogen and oxygen atoms in total. The van der Waals surface area contributed by atoms with Crippen LogP contribution >= 0.6 is 0 Å². The Kier molecular flexibility index (Phi) is 3.55. The minimum atomic E-state index is 1.48. The number of rotatable bonds is 2. The first-order chi connectivity index (χ1) is 2.91. The van der Waals surface area contributed by atoms with Gasteiger partial charge >= 0.3 is 0 Å². The average molecular weight is 86.1 g/mol. The van der Waals surface area contributed by atoms with E-state index >= 15 is 0 Å². The summed E-state index contributed by atoms with van der Waals surface area (Å²) in [4.78, 5) is 4.07. The number of hydrogen-bond donors (Lipinski definition) is 0. The van der Waals surface area contributed by atoms with Gasteiger partial charge < -0.3 is 0 Å². The molecule has 0 aromatic carbocycles. The van der Waals surface area contributed by atoms with Crippen molar-refractivity contribution in [3.63, 3.8) is 0 Å². The molecule has 0 N–H and O–H groups in total. The Hall–Kier alpha value is -0.860. The van der Waals surface area contributed by atoms with E-state index in [-0.39, 0.29) is 0 Å². The quantitative estimate of drug-likeness (QED) is 0.358. The van der Waals surface area contributed by atoms with Gasteiger partial charge in [-0.15, -0.1) is 0 Å². The van der Waals surface area contributed by atoms with E-state index in [0.717, 1.165) is 0 Å². The van der Waals surface area contributed by atoms with Gasteiger partial charge in [0.25, 0.3) is 0 Å². The van der Waals surface area contributed by atoms with Crippen LogP contribution in [0.15, 0.2) is 10.3 Å². The third-order valence-corrected chi connectivity index (χ3v) is 0.210. The van der Waals surface area contributed by atoms with Crippen molar-refractivity contribution >= 4 is 12.9 Å². The molecule has 0 aromatic heterocycles. The minimum Gasteiger partial charge on any atom is -0.246 e. The molecular formula is C3H6N2O. The Morgan fingerprint density at radius 3 is 2.67 bits per heavy atom. The second-order valence-corrected chi connectivity index (χ2v) is 0.574. The number of oxime groups is 2. The third kappa shape index (κ3) is 3.14. The van der Waals surface area contributed by atoms with Crippen molar-refractivity contribution in [1.29, 1.82) is 0 Å². The van der Waals surface area contributed by atoms with Crippen LogP contribution in [-0.4, -0.2) is 12.9 Å². The summed E-state index contributed by atoms with van der Waals surface area (Å²) in [5.41, 5.74) is 0. The molecule has 0 fully saturated rings. The lowest BCUT2D eigenvalue weighted by Crippen LogP contribution is -1.62. The van der Waals surface area contributed by atoms with Crippen molar-refractivity contribution in [3.05, 3.63) is 0 Å². The van der Waals surface area contributed by atoms with Gasteiger partial charge in [0.05, 0.1) is 0 Å². The number of hydrogen-bond acceptors (Lipinski definition) is 3. The minimum absolute atomic E-state index is 1.48. The lowest BCUT2D eigenvalue weighted by Gasteiger charge is -1.75. The standard InChI is InChI=1S/C3H6N2O/c1-3-5-6-4-2/h3H,2H2,1H3/b5-3-. The highest BCUT2D eigenvalue weighted by Gasteiger charge is 1.54.